The van der Waals surface area contributed by atoms with Gasteiger partial charge in [0.05, 0.1) is 17.9 Å². The molecule has 6 nitrogen and oxygen atoms in total. The Kier molecular flexibility index (Phi) is 6.32. The number of nitrogens with zero attached hydrogens (tertiary/aromatic N) is 1. The number of rotatable bonds is 6. The van der Waals surface area contributed by atoms with E-state index in [2.05, 4.69) is 27.3 Å². The molecule has 0 aliphatic rings. The van der Waals surface area contributed by atoms with Crippen LogP contribution in [0.15, 0.2) is 53.0 Å². The maximum Gasteiger partial charge on any atom is 0.338 e. The minimum atomic E-state index is -0.403. The van der Waals surface area contributed by atoms with E-state index < -0.39 is 5.97 Å². The molecule has 0 atom stereocenters. The van der Waals surface area contributed by atoms with Crippen LogP contribution < -0.4 is 11.1 Å². The summed E-state index contributed by atoms with van der Waals surface area (Å²) >= 11 is 4.46. The molecule has 0 aliphatic carbocycles. The molecule has 146 valence electrons. The predicted molar refractivity (Wildman–Crippen MR) is 117 cm³/mol. The number of nitrogens with two attached hydrogens (primary N) is 1. The van der Waals surface area contributed by atoms with Crippen molar-refractivity contribution in [3.05, 3.63) is 74.6 Å². The van der Waals surface area contributed by atoms with Gasteiger partial charge in [-0.25, -0.2) is 4.79 Å². The van der Waals surface area contributed by atoms with Gasteiger partial charge in [-0.15, -0.1) is 11.3 Å². The number of hydrogen-bond acceptors (Lipinski definition) is 7. The molecule has 0 spiro atoms. The van der Waals surface area contributed by atoms with Crippen molar-refractivity contribution in [2.45, 2.75) is 6.92 Å². The molecule has 0 saturated heterocycles. The monoisotopic (exact) mass is 469 g/mol. The lowest BCUT2D eigenvalue weighted by Gasteiger charge is -2.06. The second kappa shape index (κ2) is 8.90. The summed E-state index contributed by atoms with van der Waals surface area (Å²) in [6.45, 7) is 2.04. The van der Waals surface area contributed by atoms with E-state index in [4.69, 9.17) is 10.5 Å². The summed E-state index contributed by atoms with van der Waals surface area (Å²) in [5.74, 6) is -0.651. The number of ether oxygens (including phenoxy) is 1. The Hall–Kier alpha value is -3.15. The van der Waals surface area contributed by atoms with Crippen LogP contribution in [0, 0.1) is 11.3 Å². The number of halogens is 1. The highest BCUT2D eigenvalue weighted by atomic mass is 79.9. The third kappa shape index (κ3) is 4.47. The number of anilines is 3. The van der Waals surface area contributed by atoms with Gasteiger partial charge in [-0.05, 0) is 55.5 Å². The fourth-order valence-electron chi connectivity index (χ4n) is 2.58. The average Bonchev–Trinajstić information content (AvgIpc) is 3.03. The lowest BCUT2D eigenvalue weighted by Crippen LogP contribution is -2.04. The summed E-state index contributed by atoms with van der Waals surface area (Å²) in [6, 6.07) is 15.6. The zero-order valence-electron chi connectivity index (χ0n) is 15.4. The number of carbonyl (C=O) groups excluding carboxylic acids is 2. The normalized spacial score (nSPS) is 10.2. The van der Waals surface area contributed by atoms with Crippen molar-refractivity contribution < 1.29 is 14.3 Å². The first kappa shape index (κ1) is 20.6. The molecule has 0 unspecified atom stereocenters. The van der Waals surface area contributed by atoms with Crippen LogP contribution in [0.5, 0.6) is 0 Å². The Bertz CT molecular complexity index is 1100. The summed E-state index contributed by atoms with van der Waals surface area (Å²) in [6.07, 6.45) is 0. The summed E-state index contributed by atoms with van der Waals surface area (Å²) in [5, 5.41) is 13.1. The minimum absolute atomic E-state index is 0.149. The molecule has 2 aromatic carbocycles. The average molecular weight is 470 g/mol. The van der Waals surface area contributed by atoms with E-state index in [1.807, 2.05) is 0 Å². The van der Waals surface area contributed by atoms with E-state index in [9.17, 15) is 14.9 Å². The number of ketones is 1. The van der Waals surface area contributed by atoms with Crippen molar-refractivity contribution in [1.82, 2.24) is 0 Å². The molecule has 1 aromatic heterocycles. The van der Waals surface area contributed by atoms with Gasteiger partial charge in [-0.1, -0.05) is 15.9 Å². The van der Waals surface area contributed by atoms with Gasteiger partial charge in [0.15, 0.2) is 0 Å². The second-order valence-corrected chi connectivity index (χ2v) is 7.86. The third-order valence-corrected chi connectivity index (χ3v) is 5.67. The van der Waals surface area contributed by atoms with Gasteiger partial charge in [0.25, 0.3) is 0 Å². The molecule has 3 aromatic rings. The molecule has 0 aliphatic heterocycles. The number of nitrogen functional groups attached to an aromatic ring is 1. The molecule has 0 radical (unpaired) electrons. The van der Waals surface area contributed by atoms with Crippen LogP contribution in [0.25, 0.3) is 0 Å². The van der Waals surface area contributed by atoms with Crippen molar-refractivity contribution in [2.24, 2.45) is 0 Å². The quantitative estimate of drug-likeness (QED) is 0.383. The summed E-state index contributed by atoms with van der Waals surface area (Å²) in [5.41, 5.74) is 8.01. The molecule has 3 rings (SSSR count). The van der Waals surface area contributed by atoms with E-state index in [-0.39, 0.29) is 17.0 Å². The van der Waals surface area contributed by atoms with Crippen LogP contribution >= 0.6 is 27.3 Å². The number of nitriles is 1. The first-order chi connectivity index (χ1) is 13.9. The Labute approximate surface area is 180 Å². The van der Waals surface area contributed by atoms with Crippen molar-refractivity contribution in [3.63, 3.8) is 0 Å². The fraction of sp³-hybridized carbons (Fsp3) is 0.0952. The first-order valence-electron chi connectivity index (χ1n) is 8.61. The van der Waals surface area contributed by atoms with Crippen LogP contribution in [0.3, 0.4) is 0 Å². The fourth-order valence-corrected chi connectivity index (χ4v) is 3.90. The minimum Gasteiger partial charge on any atom is -0.462 e. The van der Waals surface area contributed by atoms with E-state index in [0.29, 0.717) is 33.3 Å². The van der Waals surface area contributed by atoms with Gasteiger partial charge in [0, 0.05) is 15.7 Å². The zero-order valence-corrected chi connectivity index (χ0v) is 17.8. The second-order valence-electron chi connectivity index (χ2n) is 5.92. The van der Waals surface area contributed by atoms with E-state index in [1.54, 1.807) is 55.5 Å². The smallest absolute Gasteiger partial charge is 0.338 e. The SMILES string of the molecule is CCOC(=O)c1ccc(Nc2sc(C(=O)c3ccc(Br)cc3)c(N)c2C#N)cc1. The number of nitrogens with one attached hydrogen (secondary N) is 1. The molecule has 8 heteroatoms. The van der Waals surface area contributed by atoms with Gasteiger partial charge in [-0.2, -0.15) is 5.26 Å². The molecule has 1 heterocycles. The number of hydrogen-bond donors (Lipinski definition) is 2. The molecule has 29 heavy (non-hydrogen) atoms. The molecular weight excluding hydrogens is 454 g/mol. The van der Waals surface area contributed by atoms with Crippen molar-refractivity contribution in [3.8, 4) is 6.07 Å². The van der Waals surface area contributed by atoms with Crippen molar-refractivity contribution >= 4 is 55.4 Å². The molecule has 0 bridgehead atoms. The van der Waals surface area contributed by atoms with Crippen LogP contribution in [-0.4, -0.2) is 18.4 Å². The largest absolute Gasteiger partial charge is 0.462 e. The van der Waals surface area contributed by atoms with Gasteiger partial charge in [0.2, 0.25) is 5.78 Å². The van der Waals surface area contributed by atoms with Crippen molar-refractivity contribution in [2.75, 3.05) is 17.7 Å². The maximum atomic E-state index is 12.8. The summed E-state index contributed by atoms with van der Waals surface area (Å²) in [4.78, 5) is 24.9. The van der Waals surface area contributed by atoms with Gasteiger partial charge in [0.1, 0.15) is 21.5 Å². The van der Waals surface area contributed by atoms with Crippen LogP contribution in [0.1, 0.15) is 38.1 Å². The predicted octanol–water partition coefficient (Wildman–Crippen LogP) is 5.12. The van der Waals surface area contributed by atoms with E-state index in [0.717, 1.165) is 15.8 Å². The highest BCUT2D eigenvalue weighted by molar-refractivity contribution is 9.10. The highest BCUT2D eigenvalue weighted by Crippen LogP contribution is 2.38. The molecule has 0 saturated carbocycles. The van der Waals surface area contributed by atoms with Crippen LogP contribution in [0.2, 0.25) is 0 Å². The van der Waals surface area contributed by atoms with Crippen LogP contribution in [0.4, 0.5) is 16.4 Å². The van der Waals surface area contributed by atoms with Gasteiger partial charge >= 0.3 is 5.97 Å². The Balaban J connectivity index is 1.88. The van der Waals surface area contributed by atoms with E-state index >= 15 is 0 Å². The molecule has 0 amide bonds. The lowest BCUT2D eigenvalue weighted by atomic mass is 10.1. The molecule has 3 N–H and O–H groups in total. The van der Waals surface area contributed by atoms with Crippen molar-refractivity contribution in [1.29, 1.82) is 5.26 Å². The van der Waals surface area contributed by atoms with Gasteiger partial charge in [-0.3, -0.25) is 4.79 Å². The third-order valence-electron chi connectivity index (χ3n) is 4.02. The summed E-state index contributed by atoms with van der Waals surface area (Å²) < 4.78 is 5.82. The highest BCUT2D eigenvalue weighted by Gasteiger charge is 2.22. The summed E-state index contributed by atoms with van der Waals surface area (Å²) in [7, 11) is 0. The number of benzene rings is 2. The Morgan fingerprint density at radius 3 is 2.34 bits per heavy atom. The first-order valence-corrected chi connectivity index (χ1v) is 10.2. The maximum absolute atomic E-state index is 12.8. The lowest BCUT2D eigenvalue weighted by molar-refractivity contribution is 0.0526. The number of carbonyl (C=O) groups is 2. The number of thiophene rings is 1. The number of esters is 1. The van der Waals surface area contributed by atoms with Crippen LogP contribution in [-0.2, 0) is 4.74 Å². The zero-order chi connectivity index (χ0) is 21.0. The molecular formula is C21H16BrN3O3S. The topological polar surface area (TPSA) is 105 Å². The van der Waals surface area contributed by atoms with Gasteiger partial charge < -0.3 is 15.8 Å². The Morgan fingerprint density at radius 1 is 1.14 bits per heavy atom. The standard InChI is InChI=1S/C21H16BrN3O3S/c1-2-28-21(27)13-5-9-15(10-6-13)25-20-16(11-23)17(24)19(29-20)18(26)12-3-7-14(22)8-4-12/h3-10,25H,2,24H2,1H3. The Morgan fingerprint density at radius 2 is 1.76 bits per heavy atom. The molecule has 0 fully saturated rings. The van der Waals surface area contributed by atoms with E-state index in [1.165, 1.54) is 0 Å².